The summed E-state index contributed by atoms with van der Waals surface area (Å²) >= 11 is 0. The van der Waals surface area contributed by atoms with Crippen molar-refractivity contribution < 1.29 is 13.9 Å². The first-order chi connectivity index (χ1) is 8.53. The Labute approximate surface area is 110 Å². The minimum absolute atomic E-state index is 0.105. The van der Waals surface area contributed by atoms with Crippen molar-refractivity contribution in [3.8, 4) is 0 Å². The molecule has 104 valence electrons. The molecule has 0 saturated heterocycles. The molecule has 0 saturated carbocycles. The Hall–Kier alpha value is -0.840. The van der Waals surface area contributed by atoms with Crippen LogP contribution in [0.3, 0.4) is 0 Å². The summed E-state index contributed by atoms with van der Waals surface area (Å²) in [5, 5.41) is 3.44. The number of ether oxygens (including phenoxy) is 2. The lowest BCUT2D eigenvalue weighted by Crippen LogP contribution is -2.35. The molecular formula is C14H25NO3. The molecular weight excluding hydrogens is 230 g/mol. The zero-order chi connectivity index (χ0) is 13.4. The molecule has 0 bridgehead atoms. The van der Waals surface area contributed by atoms with Crippen molar-refractivity contribution in [3.05, 3.63) is 23.7 Å². The topological polar surface area (TPSA) is 43.6 Å². The first-order valence-corrected chi connectivity index (χ1v) is 6.40. The fourth-order valence-corrected chi connectivity index (χ4v) is 1.48. The smallest absolute Gasteiger partial charge is 0.133 e. The lowest BCUT2D eigenvalue weighted by Gasteiger charge is -2.20. The fourth-order valence-electron chi connectivity index (χ4n) is 1.48. The minimum Gasteiger partial charge on any atom is -0.467 e. The van der Waals surface area contributed by atoms with E-state index in [2.05, 4.69) is 26.1 Å². The molecule has 1 heterocycles. The summed E-state index contributed by atoms with van der Waals surface area (Å²) in [5.74, 6) is 0.907. The van der Waals surface area contributed by atoms with Crippen molar-refractivity contribution in [2.75, 3.05) is 20.3 Å². The van der Waals surface area contributed by atoms with Crippen LogP contribution in [0, 0.1) is 0 Å². The second-order valence-electron chi connectivity index (χ2n) is 5.37. The van der Waals surface area contributed by atoms with Gasteiger partial charge in [0.2, 0.25) is 0 Å². The lowest BCUT2D eigenvalue weighted by molar-refractivity contribution is 0.0821. The standard InChI is InChI=1S/C14H25NO3/c1-14(2,3)15-10-12-6-9-18-13(12)11-17-8-5-7-16-4/h6,9,15H,5,7-8,10-11H2,1-4H3. The van der Waals surface area contributed by atoms with Gasteiger partial charge in [0.15, 0.2) is 0 Å². The van der Waals surface area contributed by atoms with E-state index in [4.69, 9.17) is 13.9 Å². The van der Waals surface area contributed by atoms with Crippen molar-refractivity contribution in [1.29, 1.82) is 0 Å². The van der Waals surface area contributed by atoms with Gasteiger partial charge < -0.3 is 19.2 Å². The Bertz CT molecular complexity index is 328. The molecule has 1 rings (SSSR count). The molecule has 0 aromatic carbocycles. The minimum atomic E-state index is 0.105. The molecule has 0 radical (unpaired) electrons. The van der Waals surface area contributed by atoms with Crippen molar-refractivity contribution in [3.63, 3.8) is 0 Å². The van der Waals surface area contributed by atoms with Crippen LogP contribution < -0.4 is 5.32 Å². The molecule has 0 unspecified atom stereocenters. The number of furan rings is 1. The molecule has 4 nitrogen and oxygen atoms in total. The van der Waals surface area contributed by atoms with Crippen LogP contribution >= 0.6 is 0 Å². The van der Waals surface area contributed by atoms with Gasteiger partial charge in [-0.15, -0.1) is 0 Å². The second kappa shape index (κ2) is 7.56. The molecule has 18 heavy (non-hydrogen) atoms. The second-order valence-corrected chi connectivity index (χ2v) is 5.37. The molecule has 0 atom stereocenters. The number of hydrogen-bond donors (Lipinski definition) is 1. The molecule has 1 aromatic rings. The van der Waals surface area contributed by atoms with Gasteiger partial charge in [-0.25, -0.2) is 0 Å². The van der Waals surface area contributed by atoms with Crippen LogP contribution in [0.5, 0.6) is 0 Å². The van der Waals surface area contributed by atoms with Crippen LogP contribution in [0.1, 0.15) is 38.5 Å². The van der Waals surface area contributed by atoms with Crippen LogP contribution in [0.25, 0.3) is 0 Å². The molecule has 4 heteroatoms. The third kappa shape index (κ3) is 6.19. The highest BCUT2D eigenvalue weighted by molar-refractivity contribution is 5.16. The summed E-state index contributed by atoms with van der Waals surface area (Å²) < 4.78 is 16.0. The number of rotatable bonds is 8. The van der Waals surface area contributed by atoms with Crippen LogP contribution in [0.2, 0.25) is 0 Å². The summed E-state index contributed by atoms with van der Waals surface area (Å²) in [6.07, 6.45) is 2.63. The number of hydrogen-bond acceptors (Lipinski definition) is 4. The monoisotopic (exact) mass is 255 g/mol. The molecule has 1 N–H and O–H groups in total. The zero-order valence-electron chi connectivity index (χ0n) is 11.9. The van der Waals surface area contributed by atoms with E-state index < -0.39 is 0 Å². The summed E-state index contributed by atoms with van der Waals surface area (Å²) in [7, 11) is 1.70. The summed E-state index contributed by atoms with van der Waals surface area (Å²) in [6.45, 7) is 9.20. The van der Waals surface area contributed by atoms with E-state index in [1.165, 1.54) is 0 Å². The van der Waals surface area contributed by atoms with Gasteiger partial charge in [0.25, 0.3) is 0 Å². The van der Waals surface area contributed by atoms with E-state index in [1.807, 2.05) is 6.07 Å². The highest BCUT2D eigenvalue weighted by Crippen LogP contribution is 2.13. The van der Waals surface area contributed by atoms with Crippen LogP contribution in [-0.2, 0) is 22.6 Å². The van der Waals surface area contributed by atoms with Crippen LogP contribution in [0.4, 0.5) is 0 Å². The average Bonchev–Trinajstić information content (AvgIpc) is 2.73. The van der Waals surface area contributed by atoms with Gasteiger partial charge in [0.1, 0.15) is 12.4 Å². The summed E-state index contributed by atoms with van der Waals surface area (Å²) in [5.41, 5.74) is 1.27. The van der Waals surface area contributed by atoms with Gasteiger partial charge in [0.05, 0.1) is 6.26 Å². The van der Waals surface area contributed by atoms with Gasteiger partial charge >= 0.3 is 0 Å². The lowest BCUT2D eigenvalue weighted by atomic mass is 10.1. The number of nitrogens with one attached hydrogen (secondary N) is 1. The average molecular weight is 255 g/mol. The molecule has 0 aliphatic rings. The normalized spacial score (nSPS) is 12.0. The summed E-state index contributed by atoms with van der Waals surface area (Å²) in [4.78, 5) is 0. The van der Waals surface area contributed by atoms with Crippen LogP contribution in [0.15, 0.2) is 16.7 Å². The first-order valence-electron chi connectivity index (χ1n) is 6.40. The number of methoxy groups -OCH3 is 1. The maximum absolute atomic E-state index is 5.55. The Morgan fingerprint density at radius 3 is 2.72 bits per heavy atom. The SMILES string of the molecule is COCCCOCc1occc1CNC(C)(C)C. The van der Waals surface area contributed by atoms with Crippen LogP contribution in [-0.4, -0.2) is 25.9 Å². The highest BCUT2D eigenvalue weighted by atomic mass is 16.5. The van der Waals surface area contributed by atoms with E-state index in [0.29, 0.717) is 13.2 Å². The third-order valence-electron chi connectivity index (χ3n) is 2.52. The molecule has 0 aliphatic carbocycles. The predicted octanol–water partition coefficient (Wildman–Crippen LogP) is 2.72. The fraction of sp³-hybridized carbons (Fsp3) is 0.714. The quantitative estimate of drug-likeness (QED) is 0.725. The molecule has 1 aromatic heterocycles. The van der Waals surface area contributed by atoms with E-state index in [-0.39, 0.29) is 5.54 Å². The van der Waals surface area contributed by atoms with Gasteiger partial charge in [-0.1, -0.05) is 0 Å². The van der Waals surface area contributed by atoms with E-state index in [1.54, 1.807) is 13.4 Å². The zero-order valence-corrected chi connectivity index (χ0v) is 11.9. The summed E-state index contributed by atoms with van der Waals surface area (Å²) in [6, 6.07) is 1.99. The van der Waals surface area contributed by atoms with E-state index >= 15 is 0 Å². The largest absolute Gasteiger partial charge is 0.467 e. The first kappa shape index (κ1) is 15.2. The van der Waals surface area contributed by atoms with Gasteiger partial charge in [-0.05, 0) is 33.3 Å². The maximum atomic E-state index is 5.55. The Morgan fingerprint density at radius 1 is 1.28 bits per heavy atom. The Morgan fingerprint density at radius 2 is 2.06 bits per heavy atom. The van der Waals surface area contributed by atoms with E-state index in [0.717, 1.165) is 30.9 Å². The Kier molecular flexibility index (Phi) is 6.39. The van der Waals surface area contributed by atoms with Gasteiger partial charge in [-0.2, -0.15) is 0 Å². The Balaban J connectivity index is 2.31. The van der Waals surface area contributed by atoms with Crippen molar-refractivity contribution >= 4 is 0 Å². The molecule has 0 amide bonds. The van der Waals surface area contributed by atoms with Crippen molar-refractivity contribution in [1.82, 2.24) is 5.32 Å². The molecule has 0 spiro atoms. The molecule has 0 aliphatic heterocycles. The van der Waals surface area contributed by atoms with Crippen molar-refractivity contribution in [2.45, 2.75) is 45.9 Å². The van der Waals surface area contributed by atoms with Gasteiger partial charge in [0, 0.05) is 38.0 Å². The van der Waals surface area contributed by atoms with Gasteiger partial charge in [-0.3, -0.25) is 0 Å². The molecule has 0 fully saturated rings. The predicted molar refractivity (Wildman–Crippen MR) is 71.4 cm³/mol. The van der Waals surface area contributed by atoms with E-state index in [9.17, 15) is 0 Å². The maximum Gasteiger partial charge on any atom is 0.133 e. The highest BCUT2D eigenvalue weighted by Gasteiger charge is 2.12. The van der Waals surface area contributed by atoms with Crippen molar-refractivity contribution in [2.24, 2.45) is 0 Å². The third-order valence-corrected chi connectivity index (χ3v) is 2.52.